The first-order valence-corrected chi connectivity index (χ1v) is 9.43. The van der Waals surface area contributed by atoms with E-state index in [0.29, 0.717) is 37.4 Å². The first-order chi connectivity index (χ1) is 9.56. The topological polar surface area (TPSA) is 72.6 Å². The second-order valence-corrected chi connectivity index (χ2v) is 8.35. The number of ether oxygens (including phenoxy) is 1. The Bertz CT molecular complexity index is 393. The summed E-state index contributed by atoms with van der Waals surface area (Å²) < 4.78 is 31.2. The Morgan fingerprint density at radius 3 is 2.50 bits per heavy atom. The van der Waals surface area contributed by atoms with Crippen molar-refractivity contribution in [3.05, 3.63) is 0 Å². The van der Waals surface area contributed by atoms with Crippen LogP contribution in [0.1, 0.15) is 32.6 Å². The van der Waals surface area contributed by atoms with Gasteiger partial charge in [-0.1, -0.05) is 0 Å². The molecule has 2 aliphatic heterocycles. The lowest BCUT2D eigenvalue weighted by atomic mass is 9.78. The van der Waals surface area contributed by atoms with Crippen LogP contribution >= 0.6 is 0 Å². The van der Waals surface area contributed by atoms with Crippen molar-refractivity contribution in [3.8, 4) is 0 Å². The van der Waals surface area contributed by atoms with Gasteiger partial charge in [-0.3, -0.25) is 0 Å². The van der Waals surface area contributed by atoms with Crippen LogP contribution in [0.5, 0.6) is 0 Å². The van der Waals surface area contributed by atoms with Crippen molar-refractivity contribution in [2.24, 2.45) is 23.5 Å². The molecule has 0 spiro atoms. The monoisotopic (exact) mass is 304 g/mol. The molecule has 2 saturated heterocycles. The summed E-state index contributed by atoms with van der Waals surface area (Å²) in [5, 5.41) is 0. The van der Waals surface area contributed by atoms with Gasteiger partial charge in [0.2, 0.25) is 10.0 Å². The highest BCUT2D eigenvalue weighted by Gasteiger charge is 2.34. The Hall–Kier alpha value is -0.170. The first kappa shape index (κ1) is 16.2. The van der Waals surface area contributed by atoms with Crippen LogP contribution in [-0.4, -0.2) is 51.3 Å². The molecule has 0 aromatic heterocycles. The molecule has 0 amide bonds. The number of piperidine rings is 1. The van der Waals surface area contributed by atoms with Crippen molar-refractivity contribution < 1.29 is 13.2 Å². The lowest BCUT2D eigenvalue weighted by Gasteiger charge is -2.39. The lowest BCUT2D eigenvalue weighted by Crippen LogP contribution is -2.46. The molecule has 2 unspecified atom stereocenters. The van der Waals surface area contributed by atoms with E-state index >= 15 is 0 Å². The van der Waals surface area contributed by atoms with Crippen LogP contribution in [0.25, 0.3) is 0 Å². The number of hydrogen-bond donors (Lipinski definition) is 1. The van der Waals surface area contributed by atoms with Gasteiger partial charge in [0.15, 0.2) is 0 Å². The third-order valence-corrected chi connectivity index (χ3v) is 6.74. The van der Waals surface area contributed by atoms with E-state index in [4.69, 9.17) is 10.5 Å². The van der Waals surface area contributed by atoms with Gasteiger partial charge < -0.3 is 10.5 Å². The van der Waals surface area contributed by atoms with Crippen molar-refractivity contribution in [2.75, 3.05) is 38.6 Å². The van der Waals surface area contributed by atoms with Crippen molar-refractivity contribution >= 4 is 10.0 Å². The molecule has 5 nitrogen and oxygen atoms in total. The quantitative estimate of drug-likeness (QED) is 0.824. The highest BCUT2D eigenvalue weighted by Crippen LogP contribution is 2.32. The maximum Gasteiger partial charge on any atom is 0.213 e. The van der Waals surface area contributed by atoms with Crippen molar-refractivity contribution in [2.45, 2.75) is 32.6 Å². The Labute approximate surface area is 122 Å². The second kappa shape index (κ2) is 7.20. The van der Waals surface area contributed by atoms with Crippen molar-refractivity contribution in [1.82, 2.24) is 4.31 Å². The predicted molar refractivity (Wildman–Crippen MR) is 79.8 cm³/mol. The predicted octanol–water partition coefficient (Wildman–Crippen LogP) is 1.05. The fraction of sp³-hybridized carbons (Fsp3) is 1.00. The van der Waals surface area contributed by atoms with Gasteiger partial charge in [-0.25, -0.2) is 12.7 Å². The number of rotatable bonds is 5. The van der Waals surface area contributed by atoms with E-state index in [1.54, 1.807) is 11.2 Å². The zero-order chi connectivity index (χ0) is 14.6. The molecule has 0 saturated carbocycles. The highest BCUT2D eigenvalue weighted by atomic mass is 32.2. The zero-order valence-electron chi connectivity index (χ0n) is 12.5. The summed E-state index contributed by atoms with van der Waals surface area (Å²) >= 11 is 0. The number of sulfonamides is 1. The van der Waals surface area contributed by atoms with Crippen LogP contribution in [0.3, 0.4) is 0 Å². The van der Waals surface area contributed by atoms with Gasteiger partial charge in [0.25, 0.3) is 0 Å². The minimum absolute atomic E-state index is 0.199. The van der Waals surface area contributed by atoms with Crippen molar-refractivity contribution in [3.63, 3.8) is 0 Å². The minimum Gasteiger partial charge on any atom is -0.381 e. The third kappa shape index (κ3) is 3.93. The summed E-state index contributed by atoms with van der Waals surface area (Å²) in [6.07, 6.45) is 4.22. The summed E-state index contributed by atoms with van der Waals surface area (Å²) in [4.78, 5) is 0. The van der Waals surface area contributed by atoms with Gasteiger partial charge in [0.1, 0.15) is 0 Å². The number of nitrogens with zero attached hydrogens (tertiary/aromatic N) is 1. The van der Waals surface area contributed by atoms with Crippen molar-refractivity contribution in [1.29, 1.82) is 0 Å². The van der Waals surface area contributed by atoms with E-state index in [2.05, 4.69) is 0 Å². The summed E-state index contributed by atoms with van der Waals surface area (Å²) in [7, 11) is -3.06. The Kier molecular flexibility index (Phi) is 5.84. The second-order valence-electron chi connectivity index (χ2n) is 6.09. The molecule has 2 rings (SSSR count). The van der Waals surface area contributed by atoms with E-state index in [0.717, 1.165) is 38.9 Å². The molecule has 2 fully saturated rings. The maximum absolute atomic E-state index is 12.1. The molecule has 0 aromatic carbocycles. The van der Waals surface area contributed by atoms with Gasteiger partial charge in [-0.05, 0) is 56.9 Å². The highest BCUT2D eigenvalue weighted by molar-refractivity contribution is 7.89. The van der Waals surface area contributed by atoms with Gasteiger partial charge in [-0.2, -0.15) is 0 Å². The average molecular weight is 304 g/mol. The van der Waals surface area contributed by atoms with Crippen LogP contribution in [-0.2, 0) is 14.8 Å². The number of nitrogens with two attached hydrogens (primary N) is 1. The molecule has 0 radical (unpaired) electrons. The van der Waals surface area contributed by atoms with Crippen LogP contribution in [0.4, 0.5) is 0 Å². The van der Waals surface area contributed by atoms with Crippen LogP contribution in [0, 0.1) is 17.8 Å². The normalized spacial score (nSPS) is 30.5. The average Bonchev–Trinajstić information content (AvgIpc) is 2.48. The molecule has 2 aliphatic rings. The van der Waals surface area contributed by atoms with E-state index < -0.39 is 10.0 Å². The molecular formula is C14H28N2O3S. The minimum atomic E-state index is -3.06. The van der Waals surface area contributed by atoms with Crippen LogP contribution in [0.2, 0.25) is 0 Å². The smallest absolute Gasteiger partial charge is 0.213 e. The Balaban J connectivity index is 1.98. The summed E-state index contributed by atoms with van der Waals surface area (Å²) in [5.41, 5.74) is 5.89. The van der Waals surface area contributed by atoms with Crippen LogP contribution < -0.4 is 5.73 Å². The van der Waals surface area contributed by atoms with Gasteiger partial charge in [0, 0.05) is 26.3 Å². The summed E-state index contributed by atoms with van der Waals surface area (Å²) in [5.74, 6) is 1.76. The van der Waals surface area contributed by atoms with E-state index in [1.807, 2.05) is 0 Å². The number of hydrogen-bond acceptors (Lipinski definition) is 4. The molecule has 0 aliphatic carbocycles. The fourth-order valence-corrected chi connectivity index (χ4v) is 4.64. The van der Waals surface area contributed by atoms with Gasteiger partial charge in [-0.15, -0.1) is 0 Å². The molecular weight excluding hydrogens is 276 g/mol. The van der Waals surface area contributed by atoms with Gasteiger partial charge >= 0.3 is 0 Å². The van der Waals surface area contributed by atoms with Gasteiger partial charge in [0.05, 0.1) is 5.75 Å². The summed E-state index contributed by atoms with van der Waals surface area (Å²) in [6.45, 7) is 5.40. The molecule has 118 valence electrons. The Morgan fingerprint density at radius 1 is 1.20 bits per heavy atom. The molecule has 0 aromatic rings. The van der Waals surface area contributed by atoms with Crippen LogP contribution in [0.15, 0.2) is 0 Å². The van der Waals surface area contributed by atoms with E-state index in [9.17, 15) is 8.42 Å². The third-order valence-electron chi connectivity index (χ3n) is 4.89. The molecule has 20 heavy (non-hydrogen) atoms. The zero-order valence-corrected chi connectivity index (χ0v) is 13.3. The molecule has 2 N–H and O–H groups in total. The van der Waals surface area contributed by atoms with E-state index in [-0.39, 0.29) is 5.75 Å². The molecule has 6 heteroatoms. The summed E-state index contributed by atoms with van der Waals surface area (Å²) in [6, 6.07) is 0. The molecule has 2 atom stereocenters. The van der Waals surface area contributed by atoms with E-state index in [1.165, 1.54) is 0 Å². The Morgan fingerprint density at radius 2 is 1.90 bits per heavy atom. The fourth-order valence-electron chi connectivity index (χ4n) is 3.47. The maximum atomic E-state index is 12.1. The first-order valence-electron chi connectivity index (χ1n) is 7.82. The standard InChI is InChI=1S/C14H28N2O3S/c1-2-20(17,18)16-6-3-13(10-15)14(11-16)9-12-4-7-19-8-5-12/h12-14H,2-11,15H2,1H3. The SMILES string of the molecule is CCS(=O)(=O)N1CCC(CN)C(CC2CCOCC2)C1. The lowest BCUT2D eigenvalue weighted by molar-refractivity contribution is 0.0485. The largest absolute Gasteiger partial charge is 0.381 e. The molecule has 2 heterocycles. The molecule has 0 bridgehead atoms.